The summed E-state index contributed by atoms with van der Waals surface area (Å²) >= 11 is 0. The number of benzene rings is 1. The highest BCUT2D eigenvalue weighted by atomic mass is 32.2. The summed E-state index contributed by atoms with van der Waals surface area (Å²) in [6.07, 6.45) is 6.09. The molecule has 0 saturated carbocycles. The van der Waals surface area contributed by atoms with Gasteiger partial charge in [0.25, 0.3) is 0 Å². The highest BCUT2D eigenvalue weighted by Gasteiger charge is 2.33. The average Bonchev–Trinajstić information content (AvgIpc) is 3.03. The first-order valence-electron chi connectivity index (χ1n) is 9.18. The number of hydrogen-bond donors (Lipinski definition) is 0. The van der Waals surface area contributed by atoms with Crippen molar-refractivity contribution in [3.63, 3.8) is 0 Å². The van der Waals surface area contributed by atoms with Gasteiger partial charge in [-0.1, -0.05) is 5.92 Å². The number of nitrogens with zero attached hydrogens (tertiary/aromatic N) is 3. The van der Waals surface area contributed by atoms with Crippen LogP contribution < -0.4 is 9.64 Å². The Morgan fingerprint density at radius 2 is 2.07 bits per heavy atom. The Balaban J connectivity index is 2.16. The lowest BCUT2D eigenvalue weighted by molar-refractivity contribution is -0.120. The Morgan fingerprint density at radius 3 is 2.61 bits per heavy atom. The van der Waals surface area contributed by atoms with Crippen LogP contribution in [-0.4, -0.2) is 63.0 Å². The van der Waals surface area contributed by atoms with Crippen LogP contribution >= 0.6 is 0 Å². The highest BCUT2D eigenvalue weighted by Crippen LogP contribution is 2.22. The van der Waals surface area contributed by atoms with E-state index in [-0.39, 0.29) is 49.5 Å². The number of carbonyl (C=O) groups is 1. The van der Waals surface area contributed by atoms with Crippen LogP contribution in [0, 0.1) is 23.7 Å². The molecule has 150 valence electrons. The molecule has 0 aliphatic carbocycles. The molecule has 1 aliphatic heterocycles. The molecule has 1 aliphatic rings. The monoisotopic (exact) mass is 403 g/mol. The lowest BCUT2D eigenvalue weighted by atomic mass is 10.2. The first kappa shape index (κ1) is 21.7. The van der Waals surface area contributed by atoms with Crippen LogP contribution in [0.3, 0.4) is 0 Å². The van der Waals surface area contributed by atoms with Crippen LogP contribution in [0.25, 0.3) is 0 Å². The molecular formula is C20H25N3O4S. The summed E-state index contributed by atoms with van der Waals surface area (Å²) in [5.74, 6) is 3.12. The maximum Gasteiger partial charge on any atom is 0.241 e. The van der Waals surface area contributed by atoms with Gasteiger partial charge in [0.1, 0.15) is 5.75 Å². The number of ether oxygens (including phenoxy) is 1. The van der Waals surface area contributed by atoms with Gasteiger partial charge in [-0.2, -0.15) is 5.26 Å². The first-order valence-corrected chi connectivity index (χ1v) is 11.0. The Labute approximate surface area is 166 Å². The summed E-state index contributed by atoms with van der Waals surface area (Å²) in [6.45, 7) is 2.88. The second kappa shape index (κ2) is 10.1. The normalized spacial score (nSPS) is 17.6. The standard InChI is InChI=1S/C20H25N3O4S/c1-3-12-22(18-10-14-28(25,26)16-18)15-20(24)23(13-5-11-21)17-6-8-19(9-7-17)27-4-2/h1,6-9,18H,4-5,10,12-16H2,2H3. The van der Waals surface area contributed by atoms with Crippen molar-refractivity contribution in [3.05, 3.63) is 24.3 Å². The van der Waals surface area contributed by atoms with Crippen LogP contribution in [0.15, 0.2) is 24.3 Å². The number of carbonyl (C=O) groups excluding carboxylic acids is 1. The molecule has 1 unspecified atom stereocenters. The summed E-state index contributed by atoms with van der Waals surface area (Å²) in [5.41, 5.74) is 0.656. The molecule has 28 heavy (non-hydrogen) atoms. The number of amides is 1. The summed E-state index contributed by atoms with van der Waals surface area (Å²) in [6, 6.07) is 8.88. The van der Waals surface area contributed by atoms with Crippen LogP contribution in [0.2, 0.25) is 0 Å². The maximum atomic E-state index is 13.0. The SMILES string of the molecule is C#CCN(CC(=O)N(CCC#N)c1ccc(OCC)cc1)C1CCS(=O)(=O)C1. The summed E-state index contributed by atoms with van der Waals surface area (Å²) in [5, 5.41) is 8.94. The van der Waals surface area contributed by atoms with E-state index in [0.29, 0.717) is 24.5 Å². The Morgan fingerprint density at radius 1 is 1.36 bits per heavy atom. The molecule has 0 radical (unpaired) electrons. The molecule has 1 heterocycles. The van der Waals surface area contributed by atoms with Crippen molar-refractivity contribution in [2.24, 2.45) is 0 Å². The third kappa shape index (κ3) is 5.98. The Bertz CT molecular complexity index is 853. The lowest BCUT2D eigenvalue weighted by Gasteiger charge is -2.29. The highest BCUT2D eigenvalue weighted by molar-refractivity contribution is 7.91. The van der Waals surface area contributed by atoms with E-state index in [4.69, 9.17) is 16.4 Å². The quantitative estimate of drug-likeness (QED) is 0.580. The van der Waals surface area contributed by atoms with Gasteiger partial charge in [-0.25, -0.2) is 8.42 Å². The summed E-state index contributed by atoms with van der Waals surface area (Å²) in [4.78, 5) is 16.3. The molecule has 0 N–H and O–H groups in total. The first-order chi connectivity index (χ1) is 13.4. The molecule has 1 saturated heterocycles. The molecule has 2 rings (SSSR count). The zero-order chi connectivity index (χ0) is 20.6. The van der Waals surface area contributed by atoms with E-state index >= 15 is 0 Å². The number of hydrogen-bond acceptors (Lipinski definition) is 6. The van der Waals surface area contributed by atoms with Gasteiger partial charge in [-0.05, 0) is 37.6 Å². The van der Waals surface area contributed by atoms with Gasteiger partial charge in [-0.3, -0.25) is 9.69 Å². The molecule has 1 aromatic rings. The van der Waals surface area contributed by atoms with Gasteiger partial charge in [0.2, 0.25) is 5.91 Å². The van der Waals surface area contributed by atoms with E-state index in [1.165, 1.54) is 4.90 Å². The van der Waals surface area contributed by atoms with E-state index in [0.717, 1.165) is 0 Å². The van der Waals surface area contributed by atoms with Crippen molar-refractivity contribution >= 4 is 21.4 Å². The number of rotatable bonds is 9. The second-order valence-electron chi connectivity index (χ2n) is 6.55. The van der Waals surface area contributed by atoms with Gasteiger partial charge >= 0.3 is 0 Å². The smallest absolute Gasteiger partial charge is 0.241 e. The van der Waals surface area contributed by atoms with Gasteiger partial charge in [0, 0.05) is 18.3 Å². The fraction of sp³-hybridized carbons (Fsp3) is 0.500. The van der Waals surface area contributed by atoms with Gasteiger partial charge in [0.15, 0.2) is 9.84 Å². The fourth-order valence-corrected chi connectivity index (χ4v) is 4.96. The fourth-order valence-electron chi connectivity index (χ4n) is 3.20. The van der Waals surface area contributed by atoms with Crippen LogP contribution in [-0.2, 0) is 14.6 Å². The van der Waals surface area contributed by atoms with E-state index in [2.05, 4.69) is 12.0 Å². The van der Waals surface area contributed by atoms with Crippen molar-refractivity contribution in [2.75, 3.05) is 42.6 Å². The van der Waals surface area contributed by atoms with Crippen molar-refractivity contribution in [1.82, 2.24) is 4.90 Å². The molecule has 1 aromatic carbocycles. The van der Waals surface area contributed by atoms with Crippen molar-refractivity contribution < 1.29 is 17.9 Å². The minimum absolute atomic E-state index is 0.00300. The van der Waals surface area contributed by atoms with Crippen LogP contribution in [0.4, 0.5) is 5.69 Å². The minimum atomic E-state index is -3.08. The zero-order valence-corrected chi connectivity index (χ0v) is 16.8. The number of sulfone groups is 1. The maximum absolute atomic E-state index is 13.0. The predicted octanol–water partition coefficient (Wildman–Crippen LogP) is 1.45. The van der Waals surface area contributed by atoms with Crippen LogP contribution in [0.1, 0.15) is 19.8 Å². The number of nitriles is 1. The van der Waals surface area contributed by atoms with E-state index < -0.39 is 9.84 Å². The Kier molecular flexibility index (Phi) is 7.86. The van der Waals surface area contributed by atoms with Crippen molar-refractivity contribution in [3.8, 4) is 24.2 Å². The minimum Gasteiger partial charge on any atom is -0.494 e. The lowest BCUT2D eigenvalue weighted by Crippen LogP contribution is -2.45. The molecule has 1 amide bonds. The molecule has 0 aromatic heterocycles. The topological polar surface area (TPSA) is 90.7 Å². The molecule has 1 atom stereocenters. The van der Waals surface area contributed by atoms with Crippen molar-refractivity contribution in [1.29, 1.82) is 5.26 Å². The third-order valence-corrected chi connectivity index (χ3v) is 6.32. The van der Waals surface area contributed by atoms with Gasteiger partial charge in [0.05, 0.1) is 43.7 Å². The van der Waals surface area contributed by atoms with Crippen LogP contribution in [0.5, 0.6) is 5.75 Å². The van der Waals surface area contributed by atoms with Crippen molar-refractivity contribution in [2.45, 2.75) is 25.8 Å². The third-order valence-electron chi connectivity index (χ3n) is 4.57. The second-order valence-corrected chi connectivity index (χ2v) is 8.78. The predicted molar refractivity (Wildman–Crippen MR) is 108 cm³/mol. The summed E-state index contributed by atoms with van der Waals surface area (Å²) in [7, 11) is -3.08. The van der Waals surface area contributed by atoms with E-state index in [1.807, 2.05) is 6.92 Å². The van der Waals surface area contributed by atoms with E-state index in [1.54, 1.807) is 29.2 Å². The largest absolute Gasteiger partial charge is 0.494 e. The number of terminal acetylenes is 1. The number of anilines is 1. The van der Waals surface area contributed by atoms with Gasteiger partial charge < -0.3 is 9.64 Å². The zero-order valence-electron chi connectivity index (χ0n) is 16.0. The molecule has 0 spiro atoms. The molecule has 7 nitrogen and oxygen atoms in total. The van der Waals surface area contributed by atoms with E-state index in [9.17, 15) is 13.2 Å². The molecule has 0 bridgehead atoms. The summed E-state index contributed by atoms with van der Waals surface area (Å²) < 4.78 is 29.0. The molecular weight excluding hydrogens is 378 g/mol. The molecule has 1 fully saturated rings. The molecule has 8 heteroatoms. The average molecular weight is 404 g/mol. The Hall–Kier alpha value is -2.55. The van der Waals surface area contributed by atoms with Gasteiger partial charge in [-0.15, -0.1) is 6.42 Å².